The van der Waals surface area contributed by atoms with E-state index in [0.717, 1.165) is 27.8 Å². The molecule has 0 amide bonds. The number of sulfonamides is 1. The number of hydrogen-bond acceptors (Lipinski definition) is 4. The van der Waals surface area contributed by atoms with Crippen molar-refractivity contribution in [2.24, 2.45) is 0 Å². The van der Waals surface area contributed by atoms with E-state index in [1.165, 1.54) is 15.6 Å². The van der Waals surface area contributed by atoms with Gasteiger partial charge in [0.1, 0.15) is 4.21 Å². The summed E-state index contributed by atoms with van der Waals surface area (Å²) in [5, 5.41) is 0. The Morgan fingerprint density at radius 1 is 1.38 bits per heavy atom. The zero-order valence-electron chi connectivity index (χ0n) is 11.5. The largest absolute Gasteiger partial charge is 0.398 e. The summed E-state index contributed by atoms with van der Waals surface area (Å²) in [6.07, 6.45) is 1.60. The van der Waals surface area contributed by atoms with Gasteiger partial charge in [-0.1, -0.05) is 6.07 Å². The summed E-state index contributed by atoms with van der Waals surface area (Å²) >= 11 is 4.64. The van der Waals surface area contributed by atoms with Crippen molar-refractivity contribution in [2.45, 2.75) is 24.0 Å². The zero-order chi connectivity index (χ0) is 15.2. The zero-order valence-corrected chi connectivity index (χ0v) is 14.7. The second-order valence-electron chi connectivity index (χ2n) is 5.05. The summed E-state index contributed by atoms with van der Waals surface area (Å²) in [6, 6.07) is 7.17. The van der Waals surface area contributed by atoms with Crippen LogP contribution in [0.3, 0.4) is 0 Å². The summed E-state index contributed by atoms with van der Waals surface area (Å²) in [5.41, 5.74) is 9.23. The molecule has 0 saturated heterocycles. The summed E-state index contributed by atoms with van der Waals surface area (Å²) < 4.78 is 28.5. The lowest BCUT2D eigenvalue weighted by atomic mass is 10.0. The molecular weight excluding hydrogens is 372 g/mol. The third-order valence-corrected chi connectivity index (χ3v) is 8.02. The SMILES string of the molecule is Cc1cc(S(=O)(=O)N2CCCc3c(N)cccc32)sc1Br. The van der Waals surface area contributed by atoms with Crippen LogP contribution in [0.25, 0.3) is 0 Å². The van der Waals surface area contributed by atoms with E-state index in [2.05, 4.69) is 15.9 Å². The minimum absolute atomic E-state index is 0.363. The van der Waals surface area contributed by atoms with Gasteiger partial charge >= 0.3 is 0 Å². The Kier molecular flexibility index (Phi) is 3.75. The van der Waals surface area contributed by atoms with Crippen LogP contribution in [0.5, 0.6) is 0 Å². The highest BCUT2D eigenvalue weighted by atomic mass is 79.9. The molecule has 1 aromatic carbocycles. The second kappa shape index (κ2) is 5.30. The van der Waals surface area contributed by atoms with Gasteiger partial charge in [0.2, 0.25) is 0 Å². The van der Waals surface area contributed by atoms with Crippen molar-refractivity contribution < 1.29 is 8.42 Å². The monoisotopic (exact) mass is 386 g/mol. The number of thiophene rings is 1. The number of fused-ring (bicyclic) bond motifs is 1. The van der Waals surface area contributed by atoms with Crippen LogP contribution in [0.15, 0.2) is 32.3 Å². The number of benzene rings is 1. The van der Waals surface area contributed by atoms with Gasteiger partial charge in [0.25, 0.3) is 10.0 Å². The van der Waals surface area contributed by atoms with Crippen LogP contribution in [0.4, 0.5) is 11.4 Å². The third kappa shape index (κ3) is 2.47. The van der Waals surface area contributed by atoms with Crippen molar-refractivity contribution in [2.75, 3.05) is 16.6 Å². The predicted molar refractivity (Wildman–Crippen MR) is 90.5 cm³/mol. The quantitative estimate of drug-likeness (QED) is 0.802. The van der Waals surface area contributed by atoms with Crippen LogP contribution >= 0.6 is 27.3 Å². The third-order valence-electron chi connectivity index (χ3n) is 3.62. The number of nitrogens with two attached hydrogens (primary N) is 1. The number of hydrogen-bond donors (Lipinski definition) is 1. The maximum Gasteiger partial charge on any atom is 0.273 e. The van der Waals surface area contributed by atoms with E-state index in [-0.39, 0.29) is 0 Å². The average molecular weight is 387 g/mol. The molecule has 1 aliphatic rings. The molecule has 3 rings (SSSR count). The molecular formula is C14H15BrN2O2S2. The Hall–Kier alpha value is -1.05. The molecule has 1 aliphatic heterocycles. The predicted octanol–water partition coefficient (Wildman–Crippen LogP) is 3.54. The molecule has 2 aromatic rings. The van der Waals surface area contributed by atoms with Crippen molar-refractivity contribution in [3.8, 4) is 0 Å². The lowest BCUT2D eigenvalue weighted by molar-refractivity contribution is 0.588. The van der Waals surface area contributed by atoms with Crippen molar-refractivity contribution in [1.29, 1.82) is 0 Å². The molecule has 0 atom stereocenters. The van der Waals surface area contributed by atoms with E-state index in [9.17, 15) is 8.42 Å². The molecule has 2 heterocycles. The van der Waals surface area contributed by atoms with Gasteiger partial charge in [-0.3, -0.25) is 4.31 Å². The first kappa shape index (κ1) is 14.9. The van der Waals surface area contributed by atoms with Crippen LogP contribution in [-0.4, -0.2) is 15.0 Å². The first-order valence-corrected chi connectivity index (χ1v) is 9.62. The van der Waals surface area contributed by atoms with Gasteiger partial charge in [0.05, 0.1) is 9.47 Å². The van der Waals surface area contributed by atoms with E-state index >= 15 is 0 Å². The maximum absolute atomic E-state index is 12.9. The van der Waals surface area contributed by atoms with Gasteiger partial charge in [0, 0.05) is 12.2 Å². The standard InChI is InChI=1S/C14H15BrN2O2S2/c1-9-8-13(20-14(9)15)21(18,19)17-7-3-4-10-11(16)5-2-6-12(10)17/h2,5-6,8H,3-4,7,16H2,1H3. The Balaban J connectivity index is 2.12. The maximum atomic E-state index is 12.9. The van der Waals surface area contributed by atoms with E-state index < -0.39 is 10.0 Å². The van der Waals surface area contributed by atoms with Gasteiger partial charge in [-0.15, -0.1) is 11.3 Å². The van der Waals surface area contributed by atoms with Gasteiger partial charge < -0.3 is 5.73 Å². The van der Waals surface area contributed by atoms with Crippen molar-refractivity contribution >= 4 is 48.7 Å². The molecule has 0 spiro atoms. The molecule has 0 bridgehead atoms. The molecule has 0 radical (unpaired) electrons. The number of rotatable bonds is 2. The highest BCUT2D eigenvalue weighted by molar-refractivity contribution is 9.11. The average Bonchev–Trinajstić information content (AvgIpc) is 2.79. The van der Waals surface area contributed by atoms with Gasteiger partial charge in [0.15, 0.2) is 0 Å². The van der Waals surface area contributed by atoms with Gasteiger partial charge in [-0.2, -0.15) is 0 Å². The van der Waals surface area contributed by atoms with Crippen molar-refractivity contribution in [1.82, 2.24) is 0 Å². The van der Waals surface area contributed by atoms with E-state index in [1.807, 2.05) is 19.1 Å². The topological polar surface area (TPSA) is 63.4 Å². The highest BCUT2D eigenvalue weighted by Crippen LogP contribution is 2.38. The molecule has 1 aromatic heterocycles. The Labute approximate surface area is 136 Å². The van der Waals surface area contributed by atoms with Crippen LogP contribution in [-0.2, 0) is 16.4 Å². The fraction of sp³-hybridized carbons (Fsp3) is 0.286. The summed E-state index contributed by atoms with van der Waals surface area (Å²) in [7, 11) is -3.53. The lowest BCUT2D eigenvalue weighted by Gasteiger charge is -2.30. The van der Waals surface area contributed by atoms with Crippen LogP contribution in [0.2, 0.25) is 0 Å². The lowest BCUT2D eigenvalue weighted by Crippen LogP contribution is -2.35. The van der Waals surface area contributed by atoms with Crippen molar-refractivity contribution in [3.05, 3.63) is 39.2 Å². The number of halogens is 1. The summed E-state index contributed by atoms with van der Waals surface area (Å²) in [4.78, 5) is 0. The first-order valence-electron chi connectivity index (χ1n) is 6.57. The Morgan fingerprint density at radius 2 is 2.14 bits per heavy atom. The Morgan fingerprint density at radius 3 is 2.81 bits per heavy atom. The summed E-state index contributed by atoms with van der Waals surface area (Å²) in [6.45, 7) is 2.38. The molecule has 0 saturated carbocycles. The Bertz CT molecular complexity index is 780. The van der Waals surface area contributed by atoms with E-state index in [1.54, 1.807) is 12.1 Å². The number of anilines is 2. The second-order valence-corrected chi connectivity index (χ2v) is 9.51. The molecule has 0 unspecified atom stereocenters. The fourth-order valence-electron chi connectivity index (χ4n) is 2.54. The summed E-state index contributed by atoms with van der Waals surface area (Å²) in [5.74, 6) is 0. The molecule has 0 aliphatic carbocycles. The normalized spacial score (nSPS) is 15.0. The molecule has 7 heteroatoms. The van der Waals surface area contributed by atoms with Crippen LogP contribution < -0.4 is 10.0 Å². The smallest absolute Gasteiger partial charge is 0.273 e. The van der Waals surface area contributed by atoms with Crippen molar-refractivity contribution in [3.63, 3.8) is 0 Å². The minimum atomic E-state index is -3.53. The molecule has 112 valence electrons. The first-order chi connectivity index (χ1) is 9.91. The molecule has 21 heavy (non-hydrogen) atoms. The van der Waals surface area contributed by atoms with Crippen LogP contribution in [0, 0.1) is 6.92 Å². The molecule has 2 N–H and O–H groups in total. The van der Waals surface area contributed by atoms with Gasteiger partial charge in [-0.25, -0.2) is 8.42 Å². The minimum Gasteiger partial charge on any atom is -0.398 e. The number of nitrogens with zero attached hydrogens (tertiary/aromatic N) is 1. The molecule has 4 nitrogen and oxygen atoms in total. The number of aryl methyl sites for hydroxylation is 1. The highest BCUT2D eigenvalue weighted by Gasteiger charge is 2.31. The number of nitrogen functional groups attached to an aromatic ring is 1. The molecule has 0 fully saturated rings. The van der Waals surface area contributed by atoms with E-state index in [4.69, 9.17) is 5.73 Å². The van der Waals surface area contributed by atoms with Crippen LogP contribution in [0.1, 0.15) is 17.5 Å². The van der Waals surface area contributed by atoms with E-state index in [0.29, 0.717) is 22.1 Å². The fourth-order valence-corrected chi connectivity index (χ4v) is 6.41. The van der Waals surface area contributed by atoms with Gasteiger partial charge in [-0.05, 0) is 65.0 Å².